The van der Waals surface area contributed by atoms with Gasteiger partial charge in [0.2, 0.25) is 0 Å². The number of aliphatic hydroxyl groups excluding tert-OH is 1. The summed E-state index contributed by atoms with van der Waals surface area (Å²) in [6.07, 6.45) is -0.522. The second-order valence-electron chi connectivity index (χ2n) is 3.92. The smallest absolute Gasteiger partial charge is 0.140 e. The van der Waals surface area contributed by atoms with E-state index < -0.39 is 17.7 Å². The van der Waals surface area contributed by atoms with E-state index in [-0.39, 0.29) is 0 Å². The molecule has 4 heteroatoms. The zero-order valence-electron chi connectivity index (χ0n) is 9.73. The van der Waals surface area contributed by atoms with E-state index in [0.29, 0.717) is 4.90 Å². The molecule has 0 heterocycles. The van der Waals surface area contributed by atoms with Gasteiger partial charge in [0.25, 0.3) is 0 Å². The highest BCUT2D eigenvalue weighted by Crippen LogP contribution is 2.30. The van der Waals surface area contributed by atoms with E-state index in [1.165, 1.54) is 23.9 Å². The summed E-state index contributed by atoms with van der Waals surface area (Å²) >= 11 is 1.22. The molecule has 1 atom stereocenters. The van der Waals surface area contributed by atoms with Crippen LogP contribution in [0.15, 0.2) is 52.3 Å². The van der Waals surface area contributed by atoms with Crippen LogP contribution >= 0.6 is 11.8 Å². The molecule has 0 fully saturated rings. The Hall–Kier alpha value is -1.39. The second-order valence-corrected chi connectivity index (χ2v) is 5.04. The van der Waals surface area contributed by atoms with Gasteiger partial charge < -0.3 is 5.11 Å². The van der Waals surface area contributed by atoms with Crippen molar-refractivity contribution in [2.24, 2.45) is 0 Å². The van der Waals surface area contributed by atoms with Crippen LogP contribution in [-0.2, 0) is 0 Å². The summed E-state index contributed by atoms with van der Waals surface area (Å²) in [5, 5.41) is 9.37. The first-order valence-corrected chi connectivity index (χ1v) is 6.29. The largest absolute Gasteiger partial charge is 0.389 e. The van der Waals surface area contributed by atoms with Crippen LogP contribution < -0.4 is 0 Å². The van der Waals surface area contributed by atoms with Crippen molar-refractivity contribution in [3.8, 4) is 0 Å². The number of aliphatic hydroxyl groups is 1. The van der Waals surface area contributed by atoms with Crippen molar-refractivity contribution >= 4 is 11.8 Å². The molecular formula is C14H12F2OS. The highest BCUT2D eigenvalue weighted by molar-refractivity contribution is 7.99. The Balaban J connectivity index is 2.18. The maximum atomic E-state index is 13.4. The van der Waals surface area contributed by atoms with Crippen LogP contribution in [0.4, 0.5) is 8.78 Å². The average molecular weight is 266 g/mol. The average Bonchev–Trinajstić information content (AvgIpc) is 2.33. The van der Waals surface area contributed by atoms with E-state index in [0.717, 1.165) is 16.5 Å². The van der Waals surface area contributed by atoms with Crippen LogP contribution in [-0.4, -0.2) is 5.11 Å². The number of hydrogen-bond acceptors (Lipinski definition) is 2. The van der Waals surface area contributed by atoms with Gasteiger partial charge in [0.15, 0.2) is 0 Å². The van der Waals surface area contributed by atoms with Crippen LogP contribution in [0.25, 0.3) is 0 Å². The summed E-state index contributed by atoms with van der Waals surface area (Å²) in [4.78, 5) is 1.21. The first-order valence-electron chi connectivity index (χ1n) is 5.47. The Labute approximate surface area is 108 Å². The highest BCUT2D eigenvalue weighted by Gasteiger charge is 2.06. The van der Waals surface area contributed by atoms with Gasteiger partial charge in [-0.05, 0) is 36.8 Å². The van der Waals surface area contributed by atoms with Crippen molar-refractivity contribution in [2.75, 3.05) is 0 Å². The molecule has 0 spiro atoms. The van der Waals surface area contributed by atoms with Gasteiger partial charge in [-0.15, -0.1) is 0 Å². The van der Waals surface area contributed by atoms with Crippen molar-refractivity contribution < 1.29 is 13.9 Å². The Morgan fingerprint density at radius 1 is 1.06 bits per heavy atom. The summed E-state index contributed by atoms with van der Waals surface area (Å²) in [7, 11) is 0. The summed E-state index contributed by atoms with van der Waals surface area (Å²) in [6, 6.07) is 10.7. The van der Waals surface area contributed by atoms with Crippen LogP contribution in [0.2, 0.25) is 0 Å². The van der Waals surface area contributed by atoms with Crippen LogP contribution in [0.3, 0.4) is 0 Å². The lowest BCUT2D eigenvalue weighted by molar-refractivity contribution is 0.199. The fourth-order valence-corrected chi connectivity index (χ4v) is 2.32. The van der Waals surface area contributed by atoms with E-state index in [1.54, 1.807) is 31.2 Å². The lowest BCUT2D eigenvalue weighted by Gasteiger charge is -2.06. The fraction of sp³-hybridized carbons (Fsp3) is 0.143. The molecule has 18 heavy (non-hydrogen) atoms. The van der Waals surface area contributed by atoms with Crippen molar-refractivity contribution in [2.45, 2.75) is 22.8 Å². The molecule has 0 bridgehead atoms. The molecule has 0 saturated carbocycles. The zero-order chi connectivity index (χ0) is 13.1. The fourth-order valence-electron chi connectivity index (χ4n) is 1.50. The second kappa shape index (κ2) is 5.50. The third-order valence-corrected chi connectivity index (χ3v) is 3.54. The van der Waals surface area contributed by atoms with E-state index >= 15 is 0 Å². The third kappa shape index (κ3) is 3.09. The van der Waals surface area contributed by atoms with Gasteiger partial charge in [-0.1, -0.05) is 23.9 Å². The molecule has 2 aromatic carbocycles. The SMILES string of the molecule is CC(O)c1ccc(Sc2ccc(F)cc2F)cc1. The predicted molar refractivity (Wildman–Crippen MR) is 67.6 cm³/mol. The Morgan fingerprint density at radius 3 is 2.28 bits per heavy atom. The summed E-state index contributed by atoms with van der Waals surface area (Å²) in [5.41, 5.74) is 0.805. The number of hydrogen-bond donors (Lipinski definition) is 1. The normalized spacial score (nSPS) is 12.4. The Morgan fingerprint density at radius 2 is 1.72 bits per heavy atom. The van der Waals surface area contributed by atoms with E-state index in [4.69, 9.17) is 0 Å². The predicted octanol–water partition coefficient (Wildman–Crippen LogP) is 4.17. The minimum atomic E-state index is -0.582. The topological polar surface area (TPSA) is 20.2 Å². The van der Waals surface area contributed by atoms with Gasteiger partial charge in [-0.3, -0.25) is 0 Å². The molecule has 0 aliphatic rings. The molecule has 1 nitrogen and oxygen atoms in total. The zero-order valence-corrected chi connectivity index (χ0v) is 10.5. The first kappa shape index (κ1) is 13.1. The van der Waals surface area contributed by atoms with Gasteiger partial charge in [0, 0.05) is 15.9 Å². The molecule has 0 amide bonds. The van der Waals surface area contributed by atoms with Crippen molar-refractivity contribution in [3.63, 3.8) is 0 Å². The minimum Gasteiger partial charge on any atom is -0.389 e. The molecule has 1 N–H and O–H groups in total. The van der Waals surface area contributed by atoms with Gasteiger partial charge in [-0.25, -0.2) is 8.78 Å². The van der Waals surface area contributed by atoms with E-state index in [1.807, 2.05) is 0 Å². The lowest BCUT2D eigenvalue weighted by atomic mass is 10.1. The van der Waals surface area contributed by atoms with Crippen LogP contribution in [0.1, 0.15) is 18.6 Å². The lowest BCUT2D eigenvalue weighted by Crippen LogP contribution is -1.89. The molecule has 0 aromatic heterocycles. The van der Waals surface area contributed by atoms with Gasteiger partial charge in [0.1, 0.15) is 11.6 Å². The highest BCUT2D eigenvalue weighted by atomic mass is 32.2. The van der Waals surface area contributed by atoms with Gasteiger partial charge >= 0.3 is 0 Å². The van der Waals surface area contributed by atoms with Crippen LogP contribution in [0, 0.1) is 11.6 Å². The number of halogens is 2. The van der Waals surface area contributed by atoms with E-state index in [9.17, 15) is 13.9 Å². The molecule has 1 unspecified atom stereocenters. The Bertz CT molecular complexity index is 538. The number of rotatable bonds is 3. The van der Waals surface area contributed by atoms with Crippen molar-refractivity contribution in [3.05, 3.63) is 59.7 Å². The van der Waals surface area contributed by atoms with Gasteiger partial charge in [-0.2, -0.15) is 0 Å². The Kier molecular flexibility index (Phi) is 3.99. The molecule has 94 valence electrons. The number of benzene rings is 2. The van der Waals surface area contributed by atoms with Crippen molar-refractivity contribution in [1.82, 2.24) is 0 Å². The monoisotopic (exact) mass is 266 g/mol. The molecule has 0 saturated heterocycles. The molecule has 2 rings (SSSR count). The maximum absolute atomic E-state index is 13.4. The third-order valence-electron chi connectivity index (χ3n) is 2.48. The minimum absolute atomic E-state index is 0.376. The summed E-state index contributed by atoms with van der Waals surface area (Å²) in [6.45, 7) is 1.68. The van der Waals surface area contributed by atoms with Crippen molar-refractivity contribution in [1.29, 1.82) is 0 Å². The molecule has 0 radical (unpaired) electrons. The standard InChI is InChI=1S/C14H12F2OS/c1-9(17)10-2-5-12(6-3-10)18-14-7-4-11(15)8-13(14)16/h2-9,17H,1H3. The summed E-state index contributed by atoms with van der Waals surface area (Å²) < 4.78 is 26.2. The van der Waals surface area contributed by atoms with Crippen LogP contribution in [0.5, 0.6) is 0 Å². The summed E-state index contributed by atoms with van der Waals surface area (Å²) in [5.74, 6) is -1.15. The first-order chi connectivity index (χ1) is 8.56. The molecule has 2 aromatic rings. The molecule has 0 aliphatic carbocycles. The van der Waals surface area contributed by atoms with Gasteiger partial charge in [0.05, 0.1) is 6.10 Å². The quantitative estimate of drug-likeness (QED) is 0.899. The maximum Gasteiger partial charge on any atom is 0.140 e. The van der Waals surface area contributed by atoms with E-state index in [2.05, 4.69) is 0 Å². The molecule has 0 aliphatic heterocycles. The molecular weight excluding hydrogens is 254 g/mol.